The Labute approximate surface area is 208 Å². The molecule has 206 valence electrons. The van der Waals surface area contributed by atoms with Crippen LogP contribution in [0.1, 0.15) is 118 Å². The molecule has 0 rings (SSSR count). The molecule has 0 radical (unpaired) electrons. The predicted molar refractivity (Wildman–Crippen MR) is 138 cm³/mol. The van der Waals surface area contributed by atoms with Crippen molar-refractivity contribution in [2.45, 2.75) is 136 Å². The number of aliphatic hydroxyl groups is 4. The van der Waals surface area contributed by atoms with Crippen LogP contribution in [0.4, 0.5) is 0 Å². The lowest BCUT2D eigenvalue weighted by Crippen LogP contribution is -2.34. The average Bonchev–Trinajstić information content (AvgIpc) is 2.80. The van der Waals surface area contributed by atoms with Crippen LogP contribution in [-0.2, 0) is 9.53 Å². The van der Waals surface area contributed by atoms with Crippen LogP contribution in [0, 0.1) is 11.8 Å². The van der Waals surface area contributed by atoms with Crippen molar-refractivity contribution in [2.75, 3.05) is 19.8 Å². The molecule has 0 bridgehead atoms. The smallest absolute Gasteiger partial charge is 0.309 e. The monoisotopic (exact) mass is 492 g/mol. The maximum Gasteiger partial charge on any atom is 0.309 e. The molecule has 34 heavy (non-hydrogen) atoms. The van der Waals surface area contributed by atoms with E-state index in [1.165, 1.54) is 57.8 Å². The molecule has 4 unspecified atom stereocenters. The lowest BCUT2D eigenvalue weighted by Gasteiger charge is -2.22. The first kappa shape index (κ1) is 35.4. The highest BCUT2D eigenvalue weighted by atomic mass is 16.5. The SMILES string of the molecule is CC(C)CCCCCCCCCCCCCC(C(=O)O)C(CO)OCCO.CCC(O)C(C)O. The number of ether oxygens (including phenoxy) is 1. The van der Waals surface area contributed by atoms with Crippen molar-refractivity contribution < 1.29 is 35.1 Å². The summed E-state index contributed by atoms with van der Waals surface area (Å²) in [5, 5.41) is 44.7. The summed E-state index contributed by atoms with van der Waals surface area (Å²) in [5.41, 5.74) is 0. The Kier molecular flexibility index (Phi) is 26.4. The van der Waals surface area contributed by atoms with E-state index in [9.17, 15) is 15.0 Å². The van der Waals surface area contributed by atoms with Crippen LogP contribution < -0.4 is 0 Å². The number of hydrogen-bond donors (Lipinski definition) is 5. The highest BCUT2D eigenvalue weighted by molar-refractivity contribution is 5.70. The number of aliphatic carboxylic acids is 1. The third kappa shape index (κ3) is 23.0. The van der Waals surface area contributed by atoms with Crippen molar-refractivity contribution in [1.82, 2.24) is 0 Å². The molecule has 0 saturated heterocycles. The molecule has 5 N–H and O–H groups in total. The number of carboxylic acid groups (broad SMARTS) is 1. The molecule has 7 nitrogen and oxygen atoms in total. The average molecular weight is 493 g/mol. The molecule has 4 atom stereocenters. The van der Waals surface area contributed by atoms with E-state index < -0.39 is 30.2 Å². The number of unbranched alkanes of at least 4 members (excludes halogenated alkanes) is 10. The molecule has 0 amide bonds. The van der Waals surface area contributed by atoms with Gasteiger partial charge in [-0.1, -0.05) is 97.8 Å². The number of aliphatic hydroxyl groups excluding tert-OH is 4. The fourth-order valence-electron chi connectivity index (χ4n) is 3.82. The van der Waals surface area contributed by atoms with Crippen LogP contribution in [0.3, 0.4) is 0 Å². The number of carbonyl (C=O) groups is 1. The van der Waals surface area contributed by atoms with Gasteiger partial charge in [-0.25, -0.2) is 0 Å². The number of carboxylic acids is 1. The second-order valence-electron chi connectivity index (χ2n) is 9.84. The third-order valence-corrected chi connectivity index (χ3v) is 6.14. The maximum atomic E-state index is 11.4. The van der Waals surface area contributed by atoms with Crippen molar-refractivity contribution in [3.8, 4) is 0 Å². The van der Waals surface area contributed by atoms with E-state index in [1.807, 2.05) is 6.92 Å². The van der Waals surface area contributed by atoms with Crippen molar-refractivity contribution >= 4 is 5.97 Å². The van der Waals surface area contributed by atoms with Crippen LogP contribution in [0.5, 0.6) is 0 Å². The van der Waals surface area contributed by atoms with Gasteiger partial charge in [-0.3, -0.25) is 4.79 Å². The zero-order valence-corrected chi connectivity index (χ0v) is 22.5. The summed E-state index contributed by atoms with van der Waals surface area (Å²) < 4.78 is 5.25. The fraction of sp³-hybridized carbons (Fsp3) is 0.963. The Hall–Kier alpha value is -0.730. The molecule has 0 aliphatic heterocycles. The Morgan fingerprint density at radius 3 is 1.50 bits per heavy atom. The first-order valence-electron chi connectivity index (χ1n) is 13.6. The van der Waals surface area contributed by atoms with Gasteiger partial charge in [-0.05, 0) is 25.7 Å². The number of rotatable bonds is 22. The molecule has 7 heteroatoms. The quantitative estimate of drug-likeness (QED) is 0.136. The van der Waals surface area contributed by atoms with E-state index in [0.717, 1.165) is 25.2 Å². The summed E-state index contributed by atoms with van der Waals surface area (Å²) in [4.78, 5) is 11.4. The van der Waals surface area contributed by atoms with E-state index in [-0.39, 0.29) is 19.8 Å². The first-order chi connectivity index (χ1) is 16.2. The molecule has 0 aliphatic carbocycles. The van der Waals surface area contributed by atoms with E-state index in [0.29, 0.717) is 12.8 Å². The number of hydrogen-bond acceptors (Lipinski definition) is 6. The molecular weight excluding hydrogens is 436 g/mol. The summed E-state index contributed by atoms with van der Waals surface area (Å²) in [6.07, 6.45) is 14.3. The summed E-state index contributed by atoms with van der Waals surface area (Å²) in [7, 11) is 0. The minimum Gasteiger partial charge on any atom is -0.481 e. The summed E-state index contributed by atoms with van der Waals surface area (Å²) in [5.74, 6) is -0.795. The molecule has 0 aromatic carbocycles. The largest absolute Gasteiger partial charge is 0.481 e. The Morgan fingerprint density at radius 2 is 1.21 bits per heavy atom. The summed E-state index contributed by atoms with van der Waals surface area (Å²) in [6, 6.07) is 0. The van der Waals surface area contributed by atoms with Crippen molar-refractivity contribution in [2.24, 2.45) is 11.8 Å². The van der Waals surface area contributed by atoms with Crippen LogP contribution in [0.15, 0.2) is 0 Å². The Bertz CT molecular complexity index is 429. The van der Waals surface area contributed by atoms with Gasteiger partial charge in [0, 0.05) is 0 Å². The zero-order valence-electron chi connectivity index (χ0n) is 22.5. The highest BCUT2D eigenvalue weighted by Gasteiger charge is 2.27. The van der Waals surface area contributed by atoms with Gasteiger partial charge in [-0.15, -0.1) is 0 Å². The third-order valence-electron chi connectivity index (χ3n) is 6.14. The maximum absolute atomic E-state index is 11.4. The van der Waals surface area contributed by atoms with Crippen molar-refractivity contribution in [1.29, 1.82) is 0 Å². The van der Waals surface area contributed by atoms with Crippen molar-refractivity contribution in [3.63, 3.8) is 0 Å². The van der Waals surface area contributed by atoms with Crippen LogP contribution in [0.25, 0.3) is 0 Å². The zero-order chi connectivity index (χ0) is 26.2. The van der Waals surface area contributed by atoms with Gasteiger partial charge in [0.05, 0.1) is 44.1 Å². The first-order valence-corrected chi connectivity index (χ1v) is 13.6. The molecule has 0 fully saturated rings. The molecule has 0 aromatic heterocycles. The highest BCUT2D eigenvalue weighted by Crippen LogP contribution is 2.19. The van der Waals surface area contributed by atoms with Crippen LogP contribution >= 0.6 is 0 Å². The van der Waals surface area contributed by atoms with E-state index in [1.54, 1.807) is 6.92 Å². The molecular formula is C27H56O7. The van der Waals surface area contributed by atoms with Gasteiger partial charge in [-0.2, -0.15) is 0 Å². The minimum absolute atomic E-state index is 0.0622. The fourth-order valence-corrected chi connectivity index (χ4v) is 3.82. The normalized spacial score (nSPS) is 14.9. The second kappa shape index (κ2) is 25.4. The molecule has 0 heterocycles. The lowest BCUT2D eigenvalue weighted by molar-refractivity contribution is -0.150. The van der Waals surface area contributed by atoms with E-state index in [2.05, 4.69) is 13.8 Å². The Balaban J connectivity index is 0. The summed E-state index contributed by atoms with van der Waals surface area (Å²) in [6.45, 7) is 7.56. The van der Waals surface area contributed by atoms with Crippen LogP contribution in [0.2, 0.25) is 0 Å². The second-order valence-corrected chi connectivity index (χ2v) is 9.84. The Morgan fingerprint density at radius 1 is 0.765 bits per heavy atom. The van der Waals surface area contributed by atoms with Gasteiger partial charge in [0.1, 0.15) is 0 Å². The van der Waals surface area contributed by atoms with Gasteiger partial charge in [0.15, 0.2) is 0 Å². The van der Waals surface area contributed by atoms with Crippen molar-refractivity contribution in [3.05, 3.63) is 0 Å². The lowest BCUT2D eigenvalue weighted by atomic mass is 9.95. The molecule has 0 aliphatic rings. The van der Waals surface area contributed by atoms with E-state index >= 15 is 0 Å². The predicted octanol–water partition coefficient (Wildman–Crippen LogP) is 4.92. The summed E-state index contributed by atoms with van der Waals surface area (Å²) >= 11 is 0. The van der Waals surface area contributed by atoms with Gasteiger partial charge >= 0.3 is 5.97 Å². The topological polar surface area (TPSA) is 127 Å². The van der Waals surface area contributed by atoms with Gasteiger partial charge < -0.3 is 30.3 Å². The van der Waals surface area contributed by atoms with Gasteiger partial charge in [0.25, 0.3) is 0 Å². The van der Waals surface area contributed by atoms with E-state index in [4.69, 9.17) is 20.1 Å². The van der Waals surface area contributed by atoms with Gasteiger partial charge in [0.2, 0.25) is 0 Å². The van der Waals surface area contributed by atoms with Crippen LogP contribution in [-0.4, -0.2) is 69.6 Å². The molecule has 0 spiro atoms. The standard InChI is InChI=1S/C22H44O5.C5H12O2/c1-19(2)14-12-10-8-6-4-3-5-7-9-11-13-15-20(22(25)26)21(18-24)27-17-16-23;1-3-5(7)4(2)6/h19-21,23-24H,3-18H2,1-2H3,(H,25,26);4-7H,3H2,1-2H3. The molecule has 0 aromatic rings. The molecule has 0 saturated carbocycles. The minimum atomic E-state index is -0.930.